The molecule has 0 fully saturated rings. The van der Waals surface area contributed by atoms with Gasteiger partial charge in [0, 0.05) is 13.6 Å². The molecule has 0 radical (unpaired) electrons. The molecule has 0 aliphatic carbocycles. The van der Waals surface area contributed by atoms with Gasteiger partial charge in [-0.3, -0.25) is 9.59 Å². The van der Waals surface area contributed by atoms with Gasteiger partial charge in [-0.15, -0.1) is 0 Å². The molecule has 2 rings (SSSR count). The molecule has 25 heavy (non-hydrogen) atoms. The number of alkyl halides is 3. The van der Waals surface area contributed by atoms with Crippen LogP contribution < -0.4 is 5.32 Å². The Labute approximate surface area is 143 Å². The van der Waals surface area contributed by atoms with E-state index in [1.807, 2.05) is 0 Å². The molecule has 0 atom stereocenters. The van der Waals surface area contributed by atoms with Gasteiger partial charge in [0.2, 0.25) is 0 Å². The number of rotatable bonds is 6. The molecular weight excluding hydrogens is 337 g/mol. The third-order valence-electron chi connectivity index (χ3n) is 3.94. The summed E-state index contributed by atoms with van der Waals surface area (Å²) < 4.78 is 37.9. The van der Waals surface area contributed by atoms with Crippen molar-refractivity contribution in [1.29, 1.82) is 0 Å². The highest BCUT2D eigenvalue weighted by atomic mass is 19.4. The monoisotopic (exact) mass is 356 g/mol. The van der Waals surface area contributed by atoms with Crippen molar-refractivity contribution in [1.82, 2.24) is 10.2 Å². The van der Waals surface area contributed by atoms with Crippen molar-refractivity contribution < 1.29 is 27.9 Å². The summed E-state index contributed by atoms with van der Waals surface area (Å²) in [5, 5.41) is 12.2. The van der Waals surface area contributed by atoms with Gasteiger partial charge in [-0.05, 0) is 30.9 Å². The maximum atomic E-state index is 12.6. The van der Waals surface area contributed by atoms with Crippen LogP contribution in [0.4, 0.5) is 13.2 Å². The number of unbranched alkanes of at least 4 members (excludes halogenated alkanes) is 1. The second kappa shape index (κ2) is 7.58. The molecule has 1 aliphatic heterocycles. The van der Waals surface area contributed by atoms with Gasteiger partial charge in [0.1, 0.15) is 0 Å². The van der Waals surface area contributed by atoms with E-state index in [4.69, 9.17) is 0 Å². The zero-order valence-corrected chi connectivity index (χ0v) is 13.7. The lowest BCUT2D eigenvalue weighted by molar-refractivity contribution is -0.137. The van der Waals surface area contributed by atoms with Crippen molar-refractivity contribution in [2.75, 3.05) is 20.1 Å². The standard InChI is InChI=1S/C17H19F3N2O3/c1-22-10-13(14(23)16(22)25)15(24)21-8-3-2-5-11-6-4-7-12(9-11)17(18,19)20/h4,6-7,9,23H,2-3,5,8,10H2,1H3,(H,21,24). The minimum absolute atomic E-state index is 0.0328. The Morgan fingerprint density at radius 3 is 2.64 bits per heavy atom. The van der Waals surface area contributed by atoms with Crippen LogP contribution in [-0.4, -0.2) is 42.0 Å². The van der Waals surface area contributed by atoms with Gasteiger partial charge in [0.05, 0.1) is 17.7 Å². The molecule has 1 heterocycles. The third-order valence-corrected chi connectivity index (χ3v) is 3.94. The van der Waals surface area contributed by atoms with Crippen LogP contribution in [0.5, 0.6) is 0 Å². The summed E-state index contributed by atoms with van der Waals surface area (Å²) in [5.74, 6) is -1.63. The van der Waals surface area contributed by atoms with Gasteiger partial charge in [0.25, 0.3) is 11.8 Å². The van der Waals surface area contributed by atoms with Crippen molar-refractivity contribution in [2.45, 2.75) is 25.4 Å². The third kappa shape index (κ3) is 4.74. The number of halogens is 3. The van der Waals surface area contributed by atoms with Crippen molar-refractivity contribution in [3.8, 4) is 0 Å². The van der Waals surface area contributed by atoms with E-state index in [-0.39, 0.29) is 12.1 Å². The lowest BCUT2D eigenvalue weighted by Gasteiger charge is -2.09. The van der Waals surface area contributed by atoms with E-state index >= 15 is 0 Å². The first-order valence-corrected chi connectivity index (χ1v) is 7.82. The van der Waals surface area contributed by atoms with Crippen molar-refractivity contribution >= 4 is 11.8 Å². The molecule has 0 bridgehead atoms. The Hall–Kier alpha value is -2.51. The van der Waals surface area contributed by atoms with E-state index in [0.717, 1.165) is 12.1 Å². The number of benzene rings is 1. The van der Waals surface area contributed by atoms with Gasteiger partial charge in [-0.25, -0.2) is 0 Å². The highest BCUT2D eigenvalue weighted by Gasteiger charge is 2.31. The maximum absolute atomic E-state index is 12.6. The molecular formula is C17H19F3N2O3. The molecule has 2 amide bonds. The van der Waals surface area contributed by atoms with Gasteiger partial charge in [-0.2, -0.15) is 13.2 Å². The maximum Gasteiger partial charge on any atom is 0.416 e. The Bertz CT molecular complexity index is 699. The Balaban J connectivity index is 1.76. The number of carbonyl (C=O) groups excluding carboxylic acids is 2. The number of aliphatic hydroxyl groups excluding tert-OH is 1. The first-order valence-electron chi connectivity index (χ1n) is 7.82. The quantitative estimate of drug-likeness (QED) is 0.769. The van der Waals surface area contributed by atoms with E-state index in [2.05, 4.69) is 5.32 Å². The van der Waals surface area contributed by atoms with Gasteiger partial charge < -0.3 is 15.3 Å². The molecule has 1 aromatic carbocycles. The van der Waals surface area contributed by atoms with Crippen LogP contribution in [0.2, 0.25) is 0 Å². The lowest BCUT2D eigenvalue weighted by atomic mass is 10.0. The first-order chi connectivity index (χ1) is 11.7. The molecule has 0 saturated carbocycles. The van der Waals surface area contributed by atoms with Crippen molar-refractivity contribution in [3.63, 3.8) is 0 Å². The molecule has 0 aromatic heterocycles. The van der Waals surface area contributed by atoms with Crippen LogP contribution in [0.25, 0.3) is 0 Å². The molecule has 1 aromatic rings. The SMILES string of the molecule is CN1CC(C(=O)NCCCCc2cccc(C(F)(F)F)c2)=C(O)C1=O. The Morgan fingerprint density at radius 2 is 2.04 bits per heavy atom. The van der Waals surface area contributed by atoms with Gasteiger partial charge in [0.15, 0.2) is 5.76 Å². The smallest absolute Gasteiger partial charge is 0.416 e. The van der Waals surface area contributed by atoms with Gasteiger partial charge in [-0.1, -0.05) is 18.2 Å². The van der Waals surface area contributed by atoms with E-state index < -0.39 is 29.3 Å². The van der Waals surface area contributed by atoms with E-state index in [1.165, 1.54) is 18.0 Å². The summed E-state index contributed by atoms with van der Waals surface area (Å²) in [5.41, 5.74) is -0.0503. The number of nitrogens with one attached hydrogen (secondary N) is 1. The number of carbonyl (C=O) groups is 2. The predicted octanol–water partition coefficient (Wildman–Crippen LogP) is 2.43. The molecule has 2 N–H and O–H groups in total. The second-order valence-corrected chi connectivity index (χ2v) is 5.90. The van der Waals surface area contributed by atoms with Crippen molar-refractivity contribution in [2.24, 2.45) is 0 Å². The molecule has 5 nitrogen and oxygen atoms in total. The summed E-state index contributed by atoms with van der Waals surface area (Å²) in [4.78, 5) is 24.5. The van der Waals surface area contributed by atoms with E-state index in [0.29, 0.717) is 31.4 Å². The number of nitrogens with zero attached hydrogens (tertiary/aromatic N) is 1. The molecule has 136 valence electrons. The fraction of sp³-hybridized carbons (Fsp3) is 0.412. The van der Waals surface area contributed by atoms with Crippen LogP contribution >= 0.6 is 0 Å². The highest BCUT2D eigenvalue weighted by molar-refractivity contribution is 6.06. The summed E-state index contributed by atoms with van der Waals surface area (Å²) in [6.45, 7) is 0.368. The topological polar surface area (TPSA) is 69.6 Å². The second-order valence-electron chi connectivity index (χ2n) is 5.90. The minimum Gasteiger partial charge on any atom is -0.503 e. The number of likely N-dealkylation sites (N-methyl/N-ethyl adjacent to an activating group) is 1. The van der Waals surface area contributed by atoms with Crippen LogP contribution in [0.1, 0.15) is 24.0 Å². The highest BCUT2D eigenvalue weighted by Crippen LogP contribution is 2.29. The number of aliphatic hydroxyl groups is 1. The largest absolute Gasteiger partial charge is 0.503 e. The van der Waals surface area contributed by atoms with Crippen LogP contribution in [0, 0.1) is 0 Å². The number of amides is 2. The predicted molar refractivity (Wildman–Crippen MR) is 84.7 cm³/mol. The summed E-state index contributed by atoms with van der Waals surface area (Å²) in [7, 11) is 1.48. The molecule has 0 unspecified atom stereocenters. The Kier molecular flexibility index (Phi) is 5.71. The lowest BCUT2D eigenvalue weighted by Crippen LogP contribution is -2.29. The van der Waals surface area contributed by atoms with E-state index in [9.17, 15) is 27.9 Å². The fourth-order valence-electron chi connectivity index (χ4n) is 2.54. The molecule has 0 spiro atoms. The van der Waals surface area contributed by atoms with Crippen LogP contribution in [-0.2, 0) is 22.2 Å². The summed E-state index contributed by atoms with van der Waals surface area (Å²) in [6, 6.07) is 5.17. The van der Waals surface area contributed by atoms with E-state index in [1.54, 1.807) is 6.07 Å². The first kappa shape index (κ1) is 18.8. The van der Waals surface area contributed by atoms with Crippen molar-refractivity contribution in [3.05, 3.63) is 46.7 Å². The molecule has 8 heteroatoms. The van der Waals surface area contributed by atoms with Crippen LogP contribution in [0.3, 0.4) is 0 Å². The average molecular weight is 356 g/mol. The number of aryl methyl sites for hydroxylation is 1. The zero-order chi connectivity index (χ0) is 18.6. The summed E-state index contributed by atoms with van der Waals surface area (Å²) >= 11 is 0. The summed E-state index contributed by atoms with van der Waals surface area (Å²) in [6.07, 6.45) is -2.72. The number of hydrogen-bond donors (Lipinski definition) is 2. The minimum atomic E-state index is -4.36. The van der Waals surface area contributed by atoms with Gasteiger partial charge >= 0.3 is 6.18 Å². The number of hydrogen-bond acceptors (Lipinski definition) is 3. The average Bonchev–Trinajstić information content (AvgIpc) is 2.81. The van der Waals surface area contributed by atoms with Crippen LogP contribution in [0.15, 0.2) is 35.6 Å². The fourth-order valence-corrected chi connectivity index (χ4v) is 2.54. The zero-order valence-electron chi connectivity index (χ0n) is 13.7. The Morgan fingerprint density at radius 1 is 1.32 bits per heavy atom. The normalized spacial score (nSPS) is 15.0. The molecule has 1 aliphatic rings. The molecule has 0 saturated heterocycles.